The smallest absolute Gasteiger partial charge is 0.364 e. The van der Waals surface area contributed by atoms with Gasteiger partial charge in [0.2, 0.25) is 11.7 Å². The van der Waals surface area contributed by atoms with Crippen molar-refractivity contribution >= 4 is 23.1 Å². The van der Waals surface area contributed by atoms with E-state index in [0.717, 1.165) is 9.96 Å². The molecular formula is C18H17N5O4. The third kappa shape index (κ3) is 4.27. The molecule has 3 rings (SSSR count). The van der Waals surface area contributed by atoms with Crippen molar-refractivity contribution in [3.63, 3.8) is 0 Å². The van der Waals surface area contributed by atoms with Gasteiger partial charge in [-0.25, -0.2) is 4.98 Å². The van der Waals surface area contributed by atoms with Crippen LogP contribution in [-0.4, -0.2) is 26.8 Å². The van der Waals surface area contributed by atoms with Crippen LogP contribution < -0.4 is 16.2 Å². The highest BCUT2D eigenvalue weighted by atomic mass is 16.6. The van der Waals surface area contributed by atoms with Crippen LogP contribution in [0.25, 0.3) is 5.65 Å². The maximum absolute atomic E-state index is 12.3. The number of carbonyl (C=O) groups excluding carboxylic acids is 1. The quantitative estimate of drug-likeness (QED) is 0.485. The van der Waals surface area contributed by atoms with Crippen molar-refractivity contribution in [2.45, 2.75) is 13.0 Å². The average molecular weight is 367 g/mol. The van der Waals surface area contributed by atoms with E-state index in [1.807, 2.05) is 30.3 Å². The number of carbonyl (C=O) groups is 1. The molecule has 9 nitrogen and oxygen atoms in total. The van der Waals surface area contributed by atoms with Crippen LogP contribution in [0, 0.1) is 10.1 Å². The molecule has 27 heavy (non-hydrogen) atoms. The standard InChI is InChI=1S/C18H17N5O4/c24-15(20-12-13-6-2-1-3-7-13)9-10-19-17-16(23(26)27)18(25)22-11-5-4-8-14(22)21-17/h1-8,11,19H,9-10,12H2,(H,20,24). The maximum atomic E-state index is 12.3. The molecule has 0 aliphatic rings. The van der Waals surface area contributed by atoms with Crippen molar-refractivity contribution in [1.82, 2.24) is 14.7 Å². The van der Waals surface area contributed by atoms with E-state index < -0.39 is 16.2 Å². The molecule has 1 amide bonds. The molecule has 1 aromatic carbocycles. The molecule has 0 saturated heterocycles. The maximum Gasteiger partial charge on any atom is 0.376 e. The molecule has 3 aromatic rings. The summed E-state index contributed by atoms with van der Waals surface area (Å²) in [4.78, 5) is 38.9. The van der Waals surface area contributed by atoms with Gasteiger partial charge in [0.25, 0.3) is 0 Å². The fourth-order valence-electron chi connectivity index (χ4n) is 2.55. The van der Waals surface area contributed by atoms with Gasteiger partial charge >= 0.3 is 11.2 Å². The first-order valence-corrected chi connectivity index (χ1v) is 8.26. The first kappa shape index (κ1) is 18.1. The number of hydrogen-bond donors (Lipinski definition) is 2. The van der Waals surface area contributed by atoms with Crippen LogP contribution in [0.5, 0.6) is 0 Å². The van der Waals surface area contributed by atoms with Gasteiger partial charge in [0.15, 0.2) is 0 Å². The van der Waals surface area contributed by atoms with Crippen LogP contribution >= 0.6 is 0 Å². The SMILES string of the molecule is O=C(CCNc1nc2ccccn2c(=O)c1[N+](=O)[O-])NCc1ccccc1. The summed E-state index contributed by atoms with van der Waals surface area (Å²) in [7, 11) is 0. The third-order valence-electron chi connectivity index (χ3n) is 3.87. The molecule has 9 heteroatoms. The Morgan fingerprint density at radius 1 is 1.15 bits per heavy atom. The predicted octanol–water partition coefficient (Wildman–Crippen LogP) is 1.72. The minimum atomic E-state index is -0.776. The first-order chi connectivity index (χ1) is 13.1. The predicted molar refractivity (Wildman–Crippen MR) is 99.5 cm³/mol. The lowest BCUT2D eigenvalue weighted by Gasteiger charge is -2.08. The van der Waals surface area contributed by atoms with Crippen LogP contribution in [0.2, 0.25) is 0 Å². The van der Waals surface area contributed by atoms with Crippen LogP contribution in [0.15, 0.2) is 59.5 Å². The zero-order valence-electron chi connectivity index (χ0n) is 14.3. The molecule has 0 aliphatic heterocycles. The molecule has 2 aromatic heterocycles. The van der Waals surface area contributed by atoms with Gasteiger partial charge < -0.3 is 10.6 Å². The summed E-state index contributed by atoms with van der Waals surface area (Å²) in [6.07, 6.45) is 1.50. The normalized spacial score (nSPS) is 10.5. The van der Waals surface area contributed by atoms with Crippen LogP contribution in [0.3, 0.4) is 0 Å². The number of rotatable bonds is 7. The molecule has 2 N–H and O–H groups in total. The van der Waals surface area contributed by atoms with E-state index in [4.69, 9.17) is 0 Å². The topological polar surface area (TPSA) is 119 Å². The summed E-state index contributed by atoms with van der Waals surface area (Å²) in [5.74, 6) is -0.362. The van der Waals surface area contributed by atoms with Crippen molar-refractivity contribution in [1.29, 1.82) is 0 Å². The summed E-state index contributed by atoms with van der Waals surface area (Å²) < 4.78 is 1.11. The molecule has 0 atom stereocenters. The fourth-order valence-corrected chi connectivity index (χ4v) is 2.55. The lowest BCUT2D eigenvalue weighted by Crippen LogP contribution is -2.26. The molecule has 0 fully saturated rings. The third-order valence-corrected chi connectivity index (χ3v) is 3.87. The second-order valence-corrected chi connectivity index (χ2v) is 5.74. The Morgan fingerprint density at radius 2 is 1.89 bits per heavy atom. The van der Waals surface area contributed by atoms with Gasteiger partial charge in [-0.3, -0.25) is 24.1 Å². The number of nitro groups is 1. The van der Waals surface area contributed by atoms with Gasteiger partial charge in [-0.15, -0.1) is 0 Å². The number of fused-ring (bicyclic) bond motifs is 1. The molecule has 0 spiro atoms. The Balaban J connectivity index is 1.66. The summed E-state index contributed by atoms with van der Waals surface area (Å²) in [6, 6.07) is 14.3. The molecule has 0 saturated carbocycles. The Labute approximate surface area is 153 Å². The second kappa shape index (κ2) is 8.09. The van der Waals surface area contributed by atoms with E-state index in [9.17, 15) is 19.7 Å². The minimum absolute atomic E-state index is 0.0832. The lowest BCUT2D eigenvalue weighted by atomic mass is 10.2. The van der Waals surface area contributed by atoms with Gasteiger partial charge in [0, 0.05) is 25.7 Å². The van der Waals surface area contributed by atoms with Gasteiger partial charge in [0.05, 0.1) is 4.92 Å². The monoisotopic (exact) mass is 367 g/mol. The molecule has 0 unspecified atom stereocenters. The van der Waals surface area contributed by atoms with Crippen LogP contribution in [0.1, 0.15) is 12.0 Å². The van der Waals surface area contributed by atoms with Gasteiger partial charge in [-0.2, -0.15) is 0 Å². The number of amides is 1. The fraction of sp³-hybridized carbons (Fsp3) is 0.167. The highest BCUT2D eigenvalue weighted by Crippen LogP contribution is 2.17. The first-order valence-electron chi connectivity index (χ1n) is 8.26. The Bertz CT molecular complexity index is 1030. The zero-order valence-corrected chi connectivity index (χ0v) is 14.3. The number of benzene rings is 1. The van der Waals surface area contributed by atoms with E-state index in [1.54, 1.807) is 18.2 Å². The number of nitrogens with one attached hydrogen (secondary N) is 2. The largest absolute Gasteiger partial charge is 0.376 e. The van der Waals surface area contributed by atoms with Crippen molar-refractivity contribution in [2.75, 3.05) is 11.9 Å². The Kier molecular flexibility index (Phi) is 5.41. The van der Waals surface area contributed by atoms with E-state index in [0.29, 0.717) is 6.54 Å². The summed E-state index contributed by atoms with van der Waals surface area (Å²) in [5.41, 5.74) is -0.173. The highest BCUT2D eigenvalue weighted by Gasteiger charge is 2.23. The van der Waals surface area contributed by atoms with Crippen LogP contribution in [-0.2, 0) is 11.3 Å². The van der Waals surface area contributed by atoms with Crippen molar-refractivity contribution in [3.05, 3.63) is 80.8 Å². The molecule has 0 aliphatic carbocycles. The molecule has 138 valence electrons. The average Bonchev–Trinajstić information content (AvgIpc) is 2.67. The Morgan fingerprint density at radius 3 is 2.63 bits per heavy atom. The number of aromatic nitrogens is 2. The highest BCUT2D eigenvalue weighted by molar-refractivity contribution is 5.76. The molecule has 0 radical (unpaired) electrons. The van der Waals surface area contributed by atoms with Gasteiger partial charge in [-0.05, 0) is 17.7 Å². The lowest BCUT2D eigenvalue weighted by molar-refractivity contribution is -0.385. The minimum Gasteiger partial charge on any atom is -0.364 e. The number of anilines is 1. The summed E-state index contributed by atoms with van der Waals surface area (Å²) in [6.45, 7) is 0.506. The number of hydrogen-bond acceptors (Lipinski definition) is 6. The summed E-state index contributed by atoms with van der Waals surface area (Å²) in [5, 5.41) is 16.8. The zero-order chi connectivity index (χ0) is 19.2. The van der Waals surface area contributed by atoms with Crippen molar-refractivity contribution in [2.24, 2.45) is 0 Å². The van der Waals surface area contributed by atoms with E-state index in [1.165, 1.54) is 6.20 Å². The summed E-state index contributed by atoms with van der Waals surface area (Å²) >= 11 is 0. The second-order valence-electron chi connectivity index (χ2n) is 5.74. The molecular weight excluding hydrogens is 350 g/mol. The molecule has 0 bridgehead atoms. The van der Waals surface area contributed by atoms with Crippen molar-refractivity contribution in [3.8, 4) is 0 Å². The van der Waals surface area contributed by atoms with Gasteiger partial charge in [0.1, 0.15) is 5.65 Å². The Hall–Kier alpha value is -3.75. The van der Waals surface area contributed by atoms with E-state index in [-0.39, 0.29) is 30.3 Å². The van der Waals surface area contributed by atoms with E-state index in [2.05, 4.69) is 15.6 Å². The molecule has 2 heterocycles. The van der Waals surface area contributed by atoms with Crippen LogP contribution in [0.4, 0.5) is 11.5 Å². The van der Waals surface area contributed by atoms with E-state index >= 15 is 0 Å². The number of nitrogens with zero attached hydrogens (tertiary/aromatic N) is 3. The van der Waals surface area contributed by atoms with Gasteiger partial charge in [-0.1, -0.05) is 36.4 Å². The number of pyridine rings is 1. The van der Waals surface area contributed by atoms with Crippen molar-refractivity contribution < 1.29 is 9.72 Å².